The predicted molar refractivity (Wildman–Crippen MR) is 99.2 cm³/mol. The van der Waals surface area contributed by atoms with Crippen LogP contribution in [0.15, 0.2) is 24.3 Å². The molecule has 6 heteroatoms. The minimum absolute atomic E-state index is 0.362. The number of likely N-dealkylation sites (tertiary alicyclic amines) is 1. The maximum absolute atomic E-state index is 6.11. The molecule has 2 aromatic rings. The molecule has 1 atom stereocenters. The van der Waals surface area contributed by atoms with E-state index in [0.717, 1.165) is 56.1 Å². The highest BCUT2D eigenvalue weighted by Crippen LogP contribution is 2.22. The normalized spacial score (nSPS) is 24.0. The number of para-hydroxylation sites is 1. The molecule has 0 radical (unpaired) electrons. The third-order valence-electron chi connectivity index (χ3n) is 5.39. The third kappa shape index (κ3) is 3.76. The molecule has 1 aromatic heterocycles. The van der Waals surface area contributed by atoms with Crippen molar-refractivity contribution >= 4 is 16.7 Å². The third-order valence-corrected chi connectivity index (χ3v) is 5.39. The molecule has 134 valence electrons. The monoisotopic (exact) mass is 341 g/mol. The maximum atomic E-state index is 6.11. The van der Waals surface area contributed by atoms with Crippen molar-refractivity contribution in [1.29, 1.82) is 0 Å². The molecule has 4 rings (SSSR count). The largest absolute Gasteiger partial charge is 0.383 e. The summed E-state index contributed by atoms with van der Waals surface area (Å²) in [7, 11) is 0. The molecule has 3 heterocycles. The topological polar surface area (TPSA) is 67.5 Å². The number of anilines is 1. The second-order valence-corrected chi connectivity index (χ2v) is 7.23. The van der Waals surface area contributed by atoms with Crippen molar-refractivity contribution in [2.45, 2.75) is 38.5 Å². The van der Waals surface area contributed by atoms with Crippen molar-refractivity contribution in [3.63, 3.8) is 0 Å². The molecule has 2 aliphatic heterocycles. The van der Waals surface area contributed by atoms with E-state index < -0.39 is 0 Å². The minimum atomic E-state index is 0.362. The zero-order valence-electron chi connectivity index (χ0n) is 14.9. The van der Waals surface area contributed by atoms with Gasteiger partial charge in [0.05, 0.1) is 24.8 Å². The van der Waals surface area contributed by atoms with Crippen molar-refractivity contribution < 1.29 is 4.74 Å². The zero-order valence-corrected chi connectivity index (χ0v) is 14.9. The van der Waals surface area contributed by atoms with Gasteiger partial charge in [0.25, 0.3) is 0 Å². The summed E-state index contributed by atoms with van der Waals surface area (Å²) in [6.07, 6.45) is 2.77. The highest BCUT2D eigenvalue weighted by Gasteiger charge is 2.28. The Hall–Kier alpha value is -1.76. The van der Waals surface area contributed by atoms with Crippen LogP contribution in [0.5, 0.6) is 0 Å². The number of morpholine rings is 1. The lowest BCUT2D eigenvalue weighted by molar-refractivity contribution is -0.0438. The van der Waals surface area contributed by atoms with E-state index in [2.05, 4.69) is 26.7 Å². The van der Waals surface area contributed by atoms with E-state index in [1.807, 2.05) is 24.3 Å². The lowest BCUT2D eigenvalue weighted by atomic mass is 10.0. The van der Waals surface area contributed by atoms with E-state index >= 15 is 0 Å². The molecule has 0 bridgehead atoms. The van der Waals surface area contributed by atoms with Crippen molar-refractivity contribution in [1.82, 2.24) is 19.8 Å². The summed E-state index contributed by atoms with van der Waals surface area (Å²) >= 11 is 0. The van der Waals surface area contributed by atoms with Gasteiger partial charge in [-0.05, 0) is 31.9 Å². The molecular formula is C19H27N5O. The summed E-state index contributed by atoms with van der Waals surface area (Å²) < 4.78 is 5.66. The number of nitrogens with zero attached hydrogens (tertiary/aromatic N) is 4. The van der Waals surface area contributed by atoms with Gasteiger partial charge < -0.3 is 10.5 Å². The smallest absolute Gasteiger partial charge is 0.145 e. The Bertz CT molecular complexity index is 729. The summed E-state index contributed by atoms with van der Waals surface area (Å²) in [5, 5.41) is 0.936. The fraction of sp³-hybridized carbons (Fsp3) is 0.579. The summed E-state index contributed by atoms with van der Waals surface area (Å²) in [5.74, 6) is 1.41. The summed E-state index contributed by atoms with van der Waals surface area (Å²) in [5.41, 5.74) is 7.04. The van der Waals surface area contributed by atoms with E-state index in [9.17, 15) is 0 Å². The van der Waals surface area contributed by atoms with Crippen molar-refractivity contribution in [3.05, 3.63) is 30.1 Å². The first kappa shape index (κ1) is 16.7. The number of nitrogens with two attached hydrogens (primary N) is 1. The number of rotatable bonds is 3. The van der Waals surface area contributed by atoms with Gasteiger partial charge in [0, 0.05) is 37.6 Å². The molecule has 0 amide bonds. The van der Waals surface area contributed by atoms with Crippen molar-refractivity contribution in [2.24, 2.45) is 0 Å². The molecule has 0 saturated carbocycles. The fourth-order valence-corrected chi connectivity index (χ4v) is 4.04. The van der Waals surface area contributed by atoms with E-state index in [1.54, 1.807) is 0 Å². The predicted octanol–water partition coefficient (Wildman–Crippen LogP) is 1.90. The molecule has 0 spiro atoms. The summed E-state index contributed by atoms with van der Waals surface area (Å²) in [6.45, 7) is 8.13. The Morgan fingerprint density at radius 1 is 1.16 bits per heavy atom. The van der Waals surface area contributed by atoms with Gasteiger partial charge in [-0.2, -0.15) is 0 Å². The van der Waals surface area contributed by atoms with Gasteiger partial charge >= 0.3 is 0 Å². The number of fused-ring (bicyclic) bond motifs is 1. The Morgan fingerprint density at radius 2 is 1.96 bits per heavy atom. The van der Waals surface area contributed by atoms with Gasteiger partial charge in [-0.15, -0.1) is 0 Å². The molecule has 25 heavy (non-hydrogen) atoms. The molecule has 0 aliphatic carbocycles. The van der Waals surface area contributed by atoms with E-state index in [4.69, 9.17) is 10.5 Å². The lowest BCUT2D eigenvalue weighted by Gasteiger charge is -2.41. The first-order chi connectivity index (χ1) is 12.2. The van der Waals surface area contributed by atoms with Crippen LogP contribution in [0, 0.1) is 0 Å². The Balaban J connectivity index is 1.37. The van der Waals surface area contributed by atoms with Crippen LogP contribution in [0.1, 0.15) is 25.6 Å². The zero-order chi connectivity index (χ0) is 17.2. The van der Waals surface area contributed by atoms with Crippen LogP contribution in [0.2, 0.25) is 0 Å². The van der Waals surface area contributed by atoms with Gasteiger partial charge in [0.15, 0.2) is 0 Å². The van der Waals surface area contributed by atoms with Crippen LogP contribution in [0.4, 0.5) is 5.82 Å². The molecule has 1 aromatic carbocycles. The fourth-order valence-electron chi connectivity index (χ4n) is 4.04. The summed E-state index contributed by atoms with van der Waals surface area (Å²) in [4.78, 5) is 14.3. The molecular weight excluding hydrogens is 314 g/mol. The number of ether oxygens (including phenoxy) is 1. The molecule has 6 nitrogen and oxygen atoms in total. The minimum Gasteiger partial charge on any atom is -0.383 e. The lowest BCUT2D eigenvalue weighted by Crippen LogP contribution is -2.50. The maximum Gasteiger partial charge on any atom is 0.145 e. The number of benzene rings is 1. The average molecular weight is 341 g/mol. The number of aromatic nitrogens is 2. The Kier molecular flexibility index (Phi) is 4.83. The average Bonchev–Trinajstić information content (AvgIpc) is 2.62. The van der Waals surface area contributed by atoms with Gasteiger partial charge in [-0.25, -0.2) is 9.97 Å². The van der Waals surface area contributed by atoms with E-state index in [1.165, 1.54) is 12.8 Å². The molecule has 2 aliphatic rings. The molecule has 2 fully saturated rings. The molecule has 2 saturated heterocycles. The molecule has 2 N–H and O–H groups in total. The SMILES string of the molecule is C[C@H]1CN(C2CCN(Cc3nc(N)c4ccccc4n3)CC2)CCO1. The van der Waals surface area contributed by atoms with Crippen LogP contribution >= 0.6 is 0 Å². The van der Waals surface area contributed by atoms with Crippen LogP contribution in [0.3, 0.4) is 0 Å². The Morgan fingerprint density at radius 3 is 2.76 bits per heavy atom. The quantitative estimate of drug-likeness (QED) is 0.920. The van der Waals surface area contributed by atoms with Crippen LogP contribution in [-0.4, -0.2) is 64.7 Å². The number of piperidine rings is 1. The second-order valence-electron chi connectivity index (χ2n) is 7.23. The van der Waals surface area contributed by atoms with Gasteiger partial charge in [0.1, 0.15) is 11.6 Å². The van der Waals surface area contributed by atoms with Gasteiger partial charge in [0.2, 0.25) is 0 Å². The molecule has 0 unspecified atom stereocenters. The number of nitrogen functional groups attached to an aromatic ring is 1. The Labute approximate surface area is 149 Å². The van der Waals surface area contributed by atoms with Crippen molar-refractivity contribution in [2.75, 3.05) is 38.5 Å². The summed E-state index contributed by atoms with van der Waals surface area (Å²) in [6, 6.07) is 8.63. The van der Waals surface area contributed by atoms with E-state index in [0.29, 0.717) is 18.0 Å². The highest BCUT2D eigenvalue weighted by molar-refractivity contribution is 5.87. The first-order valence-electron chi connectivity index (χ1n) is 9.28. The van der Waals surface area contributed by atoms with Crippen molar-refractivity contribution in [3.8, 4) is 0 Å². The van der Waals surface area contributed by atoms with Gasteiger partial charge in [-0.3, -0.25) is 9.80 Å². The van der Waals surface area contributed by atoms with Crippen LogP contribution in [0.25, 0.3) is 10.9 Å². The number of hydrogen-bond acceptors (Lipinski definition) is 6. The standard InChI is InChI=1S/C19H27N5O/c1-14-12-24(10-11-25-14)15-6-8-23(9-7-15)13-18-21-17-5-3-2-4-16(17)19(20)22-18/h2-5,14-15H,6-13H2,1H3,(H2,20,21,22)/t14-/m0/s1. The first-order valence-corrected chi connectivity index (χ1v) is 9.28. The second kappa shape index (κ2) is 7.23. The van der Waals surface area contributed by atoms with Crippen LogP contribution < -0.4 is 5.73 Å². The van der Waals surface area contributed by atoms with Crippen LogP contribution in [-0.2, 0) is 11.3 Å². The highest BCUT2D eigenvalue weighted by atomic mass is 16.5. The number of hydrogen-bond donors (Lipinski definition) is 1. The van der Waals surface area contributed by atoms with E-state index in [-0.39, 0.29) is 0 Å². The van der Waals surface area contributed by atoms with Gasteiger partial charge in [-0.1, -0.05) is 12.1 Å².